The zero-order valence-corrected chi connectivity index (χ0v) is 10.7. The van der Waals surface area contributed by atoms with Gasteiger partial charge in [0.05, 0.1) is 5.51 Å². The molecule has 0 saturated carbocycles. The predicted molar refractivity (Wildman–Crippen MR) is 73.2 cm³/mol. The van der Waals surface area contributed by atoms with E-state index in [0.717, 1.165) is 25.7 Å². The van der Waals surface area contributed by atoms with Gasteiger partial charge in [-0.25, -0.2) is 0 Å². The number of benzene rings is 1. The Kier molecular flexibility index (Phi) is 4.71. The Morgan fingerprint density at radius 1 is 1.24 bits per heavy atom. The minimum atomic E-state index is 0.263. The van der Waals surface area contributed by atoms with E-state index < -0.39 is 0 Å². The molecule has 90 valence electrons. The smallest absolute Gasteiger partial charge is 0.0794 e. The molecule has 1 heterocycles. The van der Waals surface area contributed by atoms with Crippen molar-refractivity contribution >= 4 is 11.3 Å². The normalized spacial score (nSPS) is 12.5. The van der Waals surface area contributed by atoms with Crippen LogP contribution < -0.4 is 5.73 Å². The van der Waals surface area contributed by atoms with Gasteiger partial charge in [-0.15, -0.1) is 11.3 Å². The van der Waals surface area contributed by atoms with Crippen LogP contribution in [0.2, 0.25) is 0 Å². The van der Waals surface area contributed by atoms with E-state index in [1.165, 1.54) is 10.4 Å². The van der Waals surface area contributed by atoms with E-state index in [9.17, 15) is 0 Å². The first-order chi connectivity index (χ1) is 8.34. The Bertz CT molecular complexity index is 411. The molecule has 1 aromatic heterocycles. The number of hydrogen-bond donors (Lipinski definition) is 1. The molecule has 1 atom stereocenters. The maximum atomic E-state index is 6.11. The Labute approximate surface area is 107 Å². The first-order valence-electron chi connectivity index (χ1n) is 6.01. The Morgan fingerprint density at radius 3 is 2.76 bits per heavy atom. The van der Waals surface area contributed by atoms with Crippen molar-refractivity contribution in [2.75, 3.05) is 0 Å². The third-order valence-electron chi connectivity index (χ3n) is 2.83. The summed E-state index contributed by atoms with van der Waals surface area (Å²) < 4.78 is 0. The van der Waals surface area contributed by atoms with Gasteiger partial charge in [-0.3, -0.25) is 4.98 Å². The van der Waals surface area contributed by atoms with Gasteiger partial charge in [-0.1, -0.05) is 30.3 Å². The molecule has 0 aliphatic rings. The molecule has 2 N–H and O–H groups in total. The van der Waals surface area contributed by atoms with Crippen molar-refractivity contribution < 1.29 is 0 Å². The number of nitrogens with zero attached hydrogens (tertiary/aromatic N) is 1. The topological polar surface area (TPSA) is 38.9 Å². The molecule has 0 amide bonds. The van der Waals surface area contributed by atoms with Crippen LogP contribution in [-0.2, 0) is 12.8 Å². The summed E-state index contributed by atoms with van der Waals surface area (Å²) in [7, 11) is 0. The second-order valence-electron chi connectivity index (χ2n) is 4.31. The van der Waals surface area contributed by atoms with Crippen LogP contribution >= 0.6 is 11.3 Å². The number of thiazole rings is 1. The Balaban J connectivity index is 1.68. The molecule has 3 heteroatoms. The van der Waals surface area contributed by atoms with Gasteiger partial charge in [-0.2, -0.15) is 0 Å². The second kappa shape index (κ2) is 6.52. The zero-order chi connectivity index (χ0) is 11.9. The molecule has 0 spiro atoms. The Morgan fingerprint density at radius 2 is 2.06 bits per heavy atom. The standard InChI is InChI=1S/C14H18N2S/c15-13(9-14-10-16-11-17-14)8-4-7-12-5-2-1-3-6-12/h1-3,5-6,10-11,13H,4,7-9,15H2. The van der Waals surface area contributed by atoms with Gasteiger partial charge < -0.3 is 5.73 Å². The number of aryl methyl sites for hydroxylation is 1. The van der Waals surface area contributed by atoms with Gasteiger partial charge in [0.15, 0.2) is 0 Å². The molecule has 2 aromatic rings. The van der Waals surface area contributed by atoms with Crippen LogP contribution in [-0.4, -0.2) is 11.0 Å². The number of nitrogens with two attached hydrogens (primary N) is 1. The fourth-order valence-corrected chi connectivity index (χ4v) is 2.61. The van der Waals surface area contributed by atoms with E-state index in [4.69, 9.17) is 5.73 Å². The predicted octanol–water partition coefficient (Wildman–Crippen LogP) is 3.04. The molecular weight excluding hydrogens is 228 g/mol. The highest BCUT2D eigenvalue weighted by Gasteiger charge is 2.05. The fourth-order valence-electron chi connectivity index (χ4n) is 1.92. The van der Waals surface area contributed by atoms with Gasteiger partial charge in [0.25, 0.3) is 0 Å². The maximum Gasteiger partial charge on any atom is 0.0794 e. The molecule has 1 unspecified atom stereocenters. The minimum Gasteiger partial charge on any atom is -0.327 e. The van der Waals surface area contributed by atoms with Gasteiger partial charge in [0.2, 0.25) is 0 Å². The van der Waals surface area contributed by atoms with Gasteiger partial charge in [-0.05, 0) is 31.2 Å². The van der Waals surface area contributed by atoms with Crippen molar-refractivity contribution in [2.24, 2.45) is 5.73 Å². The van der Waals surface area contributed by atoms with E-state index in [1.807, 2.05) is 11.7 Å². The van der Waals surface area contributed by atoms with Crippen LogP contribution in [0.25, 0.3) is 0 Å². The van der Waals surface area contributed by atoms with Crippen molar-refractivity contribution in [3.8, 4) is 0 Å². The number of rotatable bonds is 6. The van der Waals surface area contributed by atoms with Gasteiger partial charge in [0.1, 0.15) is 0 Å². The minimum absolute atomic E-state index is 0.263. The summed E-state index contributed by atoms with van der Waals surface area (Å²) in [6, 6.07) is 10.8. The Hall–Kier alpha value is -1.19. The highest BCUT2D eigenvalue weighted by Crippen LogP contribution is 2.12. The van der Waals surface area contributed by atoms with Crippen LogP contribution in [0.5, 0.6) is 0 Å². The molecule has 0 aliphatic heterocycles. The molecule has 0 fully saturated rings. The van der Waals surface area contributed by atoms with Crippen LogP contribution in [0.1, 0.15) is 23.3 Å². The summed E-state index contributed by atoms with van der Waals surface area (Å²) in [4.78, 5) is 5.36. The highest BCUT2D eigenvalue weighted by molar-refractivity contribution is 7.09. The van der Waals surface area contributed by atoms with E-state index in [2.05, 4.69) is 35.3 Å². The third kappa shape index (κ3) is 4.29. The molecule has 17 heavy (non-hydrogen) atoms. The van der Waals surface area contributed by atoms with Gasteiger partial charge in [0, 0.05) is 17.1 Å². The van der Waals surface area contributed by atoms with Crippen molar-refractivity contribution in [1.82, 2.24) is 4.98 Å². The second-order valence-corrected chi connectivity index (χ2v) is 5.28. The van der Waals surface area contributed by atoms with Crippen molar-refractivity contribution in [3.05, 3.63) is 52.5 Å². The molecule has 0 aliphatic carbocycles. The maximum absolute atomic E-state index is 6.11. The average Bonchev–Trinajstić information content (AvgIpc) is 2.83. The average molecular weight is 246 g/mol. The largest absolute Gasteiger partial charge is 0.327 e. The van der Waals surface area contributed by atoms with E-state index in [-0.39, 0.29) is 6.04 Å². The van der Waals surface area contributed by atoms with Gasteiger partial charge >= 0.3 is 0 Å². The summed E-state index contributed by atoms with van der Waals surface area (Å²) >= 11 is 1.69. The monoisotopic (exact) mass is 246 g/mol. The van der Waals surface area contributed by atoms with Crippen LogP contribution in [0.15, 0.2) is 42.0 Å². The quantitative estimate of drug-likeness (QED) is 0.851. The number of aromatic nitrogens is 1. The van der Waals surface area contributed by atoms with E-state index >= 15 is 0 Å². The van der Waals surface area contributed by atoms with Crippen LogP contribution in [0, 0.1) is 0 Å². The summed E-state index contributed by atoms with van der Waals surface area (Å²) in [5.41, 5.74) is 9.38. The summed E-state index contributed by atoms with van der Waals surface area (Å²) in [5, 5.41) is 0. The van der Waals surface area contributed by atoms with Crippen LogP contribution in [0.3, 0.4) is 0 Å². The lowest BCUT2D eigenvalue weighted by atomic mass is 10.0. The molecule has 0 saturated heterocycles. The SMILES string of the molecule is NC(CCCc1ccccc1)Cc1cncs1. The van der Waals surface area contributed by atoms with E-state index in [1.54, 1.807) is 11.3 Å². The van der Waals surface area contributed by atoms with Crippen LogP contribution in [0.4, 0.5) is 0 Å². The molecular formula is C14H18N2S. The molecule has 2 nitrogen and oxygen atoms in total. The first-order valence-corrected chi connectivity index (χ1v) is 6.89. The van der Waals surface area contributed by atoms with Crippen molar-refractivity contribution in [3.63, 3.8) is 0 Å². The molecule has 0 bridgehead atoms. The number of hydrogen-bond acceptors (Lipinski definition) is 3. The summed E-state index contributed by atoms with van der Waals surface area (Å²) in [6.07, 6.45) is 6.23. The van der Waals surface area contributed by atoms with Crippen molar-refractivity contribution in [1.29, 1.82) is 0 Å². The molecule has 1 aromatic carbocycles. The lowest BCUT2D eigenvalue weighted by molar-refractivity contribution is 0.583. The lowest BCUT2D eigenvalue weighted by Gasteiger charge is -2.09. The first kappa shape index (κ1) is 12.3. The third-order valence-corrected chi connectivity index (χ3v) is 3.63. The molecule has 2 rings (SSSR count). The summed E-state index contributed by atoms with van der Waals surface area (Å²) in [5.74, 6) is 0. The van der Waals surface area contributed by atoms with E-state index in [0.29, 0.717) is 0 Å². The molecule has 0 radical (unpaired) electrons. The van der Waals surface area contributed by atoms with Crippen molar-refractivity contribution in [2.45, 2.75) is 31.7 Å². The summed E-state index contributed by atoms with van der Waals surface area (Å²) in [6.45, 7) is 0. The highest BCUT2D eigenvalue weighted by atomic mass is 32.1. The fraction of sp³-hybridized carbons (Fsp3) is 0.357. The lowest BCUT2D eigenvalue weighted by Crippen LogP contribution is -2.22. The zero-order valence-electron chi connectivity index (χ0n) is 9.88.